The van der Waals surface area contributed by atoms with Crippen LogP contribution in [-0.4, -0.2) is 28.5 Å². The van der Waals surface area contributed by atoms with E-state index in [1.165, 1.54) is 17.7 Å². The highest BCUT2D eigenvalue weighted by atomic mass is 16.5. The smallest absolute Gasteiger partial charge is 0.0898 e. The third kappa shape index (κ3) is 3.57. The van der Waals surface area contributed by atoms with Gasteiger partial charge in [0.15, 0.2) is 0 Å². The third-order valence-corrected chi connectivity index (χ3v) is 3.92. The number of nitrogens with zero attached hydrogens (tertiary/aromatic N) is 2. The van der Waals surface area contributed by atoms with Crippen molar-refractivity contribution in [3.8, 4) is 0 Å². The molecule has 0 bridgehead atoms. The van der Waals surface area contributed by atoms with Crippen LogP contribution in [0.1, 0.15) is 51.0 Å². The second-order valence-electron chi connectivity index (χ2n) is 6.63. The van der Waals surface area contributed by atoms with Crippen LogP contribution in [0.4, 0.5) is 0 Å². The fraction of sp³-hybridized carbons (Fsp3) is 0.800. The first kappa shape index (κ1) is 14.5. The van der Waals surface area contributed by atoms with Gasteiger partial charge in [-0.2, -0.15) is 5.10 Å². The zero-order chi connectivity index (χ0) is 14.0. The van der Waals surface area contributed by atoms with Crippen molar-refractivity contribution in [3.63, 3.8) is 0 Å². The van der Waals surface area contributed by atoms with Crippen molar-refractivity contribution in [2.24, 2.45) is 13.0 Å². The molecule has 0 aliphatic carbocycles. The van der Waals surface area contributed by atoms with Gasteiger partial charge in [0.2, 0.25) is 0 Å². The molecule has 1 aromatic rings. The van der Waals surface area contributed by atoms with E-state index in [1.807, 2.05) is 17.9 Å². The summed E-state index contributed by atoms with van der Waals surface area (Å²) >= 11 is 0. The fourth-order valence-electron chi connectivity index (χ4n) is 2.63. The van der Waals surface area contributed by atoms with Gasteiger partial charge >= 0.3 is 0 Å². The van der Waals surface area contributed by atoms with Crippen molar-refractivity contribution in [2.45, 2.75) is 52.2 Å². The molecule has 4 nitrogen and oxygen atoms in total. The molecule has 1 aliphatic rings. The Hall–Kier alpha value is -0.870. The highest BCUT2D eigenvalue weighted by molar-refractivity contribution is 5.20. The van der Waals surface area contributed by atoms with E-state index in [2.05, 4.69) is 38.1 Å². The molecule has 0 saturated carbocycles. The topological polar surface area (TPSA) is 39.1 Å². The van der Waals surface area contributed by atoms with Gasteiger partial charge in [-0.25, -0.2) is 0 Å². The van der Waals surface area contributed by atoms with Crippen molar-refractivity contribution in [1.29, 1.82) is 0 Å². The largest absolute Gasteiger partial charge is 0.373 e. The van der Waals surface area contributed by atoms with Crippen molar-refractivity contribution >= 4 is 0 Å². The quantitative estimate of drug-likeness (QED) is 0.913. The van der Waals surface area contributed by atoms with Gasteiger partial charge < -0.3 is 10.1 Å². The molecule has 2 atom stereocenters. The lowest BCUT2D eigenvalue weighted by Crippen LogP contribution is -2.41. The molecule has 19 heavy (non-hydrogen) atoms. The standard InChI is InChI=1S/C15H27N3O/c1-11-13(10-17-18(11)5)14-12(7-6-8-19-14)9-16-15(2,3)4/h10,12,14,16H,6-9H2,1-5H3. The Labute approximate surface area is 116 Å². The van der Waals surface area contributed by atoms with E-state index in [1.54, 1.807) is 0 Å². The summed E-state index contributed by atoms with van der Waals surface area (Å²) in [4.78, 5) is 0. The predicted molar refractivity (Wildman–Crippen MR) is 77.1 cm³/mol. The molecule has 0 amide bonds. The van der Waals surface area contributed by atoms with Crippen molar-refractivity contribution in [1.82, 2.24) is 15.1 Å². The van der Waals surface area contributed by atoms with Crippen LogP contribution in [0.2, 0.25) is 0 Å². The summed E-state index contributed by atoms with van der Waals surface area (Å²) < 4.78 is 7.97. The van der Waals surface area contributed by atoms with Crippen LogP contribution < -0.4 is 5.32 Å². The van der Waals surface area contributed by atoms with Gasteiger partial charge in [-0.1, -0.05) is 0 Å². The molecule has 1 N–H and O–H groups in total. The number of rotatable bonds is 3. The zero-order valence-corrected chi connectivity index (χ0v) is 12.9. The maximum atomic E-state index is 6.04. The number of hydrogen-bond acceptors (Lipinski definition) is 3. The summed E-state index contributed by atoms with van der Waals surface area (Å²) in [5.74, 6) is 0.538. The van der Waals surface area contributed by atoms with E-state index < -0.39 is 0 Å². The minimum absolute atomic E-state index is 0.159. The molecular formula is C15H27N3O. The first-order valence-electron chi connectivity index (χ1n) is 7.23. The first-order valence-corrected chi connectivity index (χ1v) is 7.23. The average Bonchev–Trinajstić information content (AvgIpc) is 2.67. The number of ether oxygens (including phenoxy) is 1. The van der Waals surface area contributed by atoms with Gasteiger partial charge in [-0.05, 0) is 40.5 Å². The van der Waals surface area contributed by atoms with E-state index in [-0.39, 0.29) is 11.6 Å². The maximum Gasteiger partial charge on any atom is 0.0898 e. The Kier molecular flexibility index (Phi) is 4.31. The summed E-state index contributed by atoms with van der Waals surface area (Å²) in [6.45, 7) is 10.6. The molecule has 0 aromatic carbocycles. The Morgan fingerprint density at radius 1 is 1.47 bits per heavy atom. The Bertz CT molecular complexity index is 420. The summed E-state index contributed by atoms with van der Waals surface area (Å²) in [5, 5.41) is 7.96. The van der Waals surface area contributed by atoms with Crippen LogP contribution in [0.15, 0.2) is 6.20 Å². The van der Waals surface area contributed by atoms with Gasteiger partial charge in [0.1, 0.15) is 0 Å². The molecule has 108 valence electrons. The predicted octanol–water partition coefficient (Wildman–Crippen LogP) is 2.58. The van der Waals surface area contributed by atoms with Gasteiger partial charge in [-0.3, -0.25) is 4.68 Å². The van der Waals surface area contributed by atoms with E-state index in [0.717, 1.165) is 19.6 Å². The number of nitrogens with one attached hydrogen (secondary N) is 1. The fourth-order valence-corrected chi connectivity index (χ4v) is 2.63. The summed E-state index contributed by atoms with van der Waals surface area (Å²) in [7, 11) is 1.99. The van der Waals surface area contributed by atoms with Crippen LogP contribution in [0.25, 0.3) is 0 Å². The SMILES string of the molecule is Cc1c(C2OCCCC2CNC(C)(C)C)cnn1C. The Morgan fingerprint density at radius 2 is 2.21 bits per heavy atom. The molecule has 0 spiro atoms. The Balaban J connectivity index is 2.10. The van der Waals surface area contributed by atoms with E-state index in [0.29, 0.717) is 5.92 Å². The number of hydrogen-bond donors (Lipinski definition) is 1. The van der Waals surface area contributed by atoms with Crippen molar-refractivity contribution < 1.29 is 4.74 Å². The summed E-state index contributed by atoms with van der Waals surface area (Å²) in [6, 6.07) is 0. The highest BCUT2D eigenvalue weighted by Gasteiger charge is 2.30. The molecule has 4 heteroatoms. The second kappa shape index (κ2) is 5.63. The van der Waals surface area contributed by atoms with Crippen LogP contribution in [0, 0.1) is 12.8 Å². The molecule has 2 unspecified atom stereocenters. The molecule has 2 rings (SSSR count). The zero-order valence-electron chi connectivity index (χ0n) is 12.9. The lowest BCUT2D eigenvalue weighted by Gasteiger charge is -2.34. The lowest BCUT2D eigenvalue weighted by molar-refractivity contribution is -0.0296. The average molecular weight is 265 g/mol. The normalized spacial score (nSPS) is 24.7. The first-order chi connectivity index (χ1) is 8.88. The Morgan fingerprint density at radius 3 is 2.79 bits per heavy atom. The third-order valence-electron chi connectivity index (χ3n) is 3.92. The van der Waals surface area contributed by atoms with Gasteiger partial charge in [0, 0.05) is 42.9 Å². The molecule has 1 aliphatic heterocycles. The molecule has 0 radical (unpaired) electrons. The molecule has 1 fully saturated rings. The number of aromatic nitrogens is 2. The minimum atomic E-state index is 0.159. The van der Waals surface area contributed by atoms with E-state index in [4.69, 9.17) is 4.74 Å². The molecule has 1 aromatic heterocycles. The van der Waals surface area contributed by atoms with Crippen LogP contribution in [0.3, 0.4) is 0 Å². The lowest BCUT2D eigenvalue weighted by atomic mass is 9.89. The molecule has 2 heterocycles. The van der Waals surface area contributed by atoms with Crippen molar-refractivity contribution in [3.05, 3.63) is 17.5 Å². The van der Waals surface area contributed by atoms with Gasteiger partial charge in [0.05, 0.1) is 12.3 Å². The van der Waals surface area contributed by atoms with Crippen molar-refractivity contribution in [2.75, 3.05) is 13.2 Å². The van der Waals surface area contributed by atoms with Crippen LogP contribution in [0.5, 0.6) is 0 Å². The highest BCUT2D eigenvalue weighted by Crippen LogP contribution is 2.34. The number of aryl methyl sites for hydroxylation is 1. The molecular weight excluding hydrogens is 238 g/mol. The van der Waals surface area contributed by atoms with E-state index >= 15 is 0 Å². The van der Waals surface area contributed by atoms with Gasteiger partial charge in [-0.15, -0.1) is 0 Å². The summed E-state index contributed by atoms with van der Waals surface area (Å²) in [5.41, 5.74) is 2.63. The second-order valence-corrected chi connectivity index (χ2v) is 6.63. The van der Waals surface area contributed by atoms with Crippen LogP contribution in [-0.2, 0) is 11.8 Å². The maximum absolute atomic E-state index is 6.04. The van der Waals surface area contributed by atoms with Crippen LogP contribution >= 0.6 is 0 Å². The monoisotopic (exact) mass is 265 g/mol. The van der Waals surface area contributed by atoms with E-state index in [9.17, 15) is 0 Å². The summed E-state index contributed by atoms with van der Waals surface area (Å²) in [6.07, 6.45) is 4.54. The molecule has 1 saturated heterocycles. The van der Waals surface area contributed by atoms with Gasteiger partial charge in [0.25, 0.3) is 0 Å². The minimum Gasteiger partial charge on any atom is -0.373 e.